The van der Waals surface area contributed by atoms with Gasteiger partial charge in [0.2, 0.25) is 0 Å². The van der Waals surface area contributed by atoms with Crippen LogP contribution in [-0.4, -0.2) is 6.03 Å². The van der Waals surface area contributed by atoms with Gasteiger partial charge in [-0.05, 0) is 24.1 Å². The van der Waals surface area contributed by atoms with E-state index in [1.807, 2.05) is 6.92 Å². The Morgan fingerprint density at radius 2 is 2.06 bits per heavy atom. The summed E-state index contributed by atoms with van der Waals surface area (Å²) in [6.07, 6.45) is -2.86. The highest BCUT2D eigenvalue weighted by Gasteiger charge is 2.33. The first-order chi connectivity index (χ1) is 8.41. The molecular weight excluding hydrogens is 245 g/mol. The zero-order valence-electron chi connectivity index (χ0n) is 9.77. The predicted octanol–water partition coefficient (Wildman–Crippen LogP) is 3.68. The molecule has 6 heteroatoms. The highest BCUT2D eigenvalue weighted by atomic mass is 19.4. The molecule has 0 saturated heterocycles. The molecule has 0 aromatic heterocycles. The van der Waals surface area contributed by atoms with Crippen LogP contribution >= 0.6 is 0 Å². The Labute approximate surface area is 102 Å². The number of amides is 2. The summed E-state index contributed by atoms with van der Waals surface area (Å²) in [5.74, 6) is 0. The Kier molecular flexibility index (Phi) is 3.19. The van der Waals surface area contributed by atoms with E-state index in [0.717, 1.165) is 18.6 Å². The quantitative estimate of drug-likeness (QED) is 0.834. The third kappa shape index (κ3) is 2.42. The van der Waals surface area contributed by atoms with Gasteiger partial charge in [0.25, 0.3) is 0 Å². The minimum Gasteiger partial charge on any atom is -0.331 e. The van der Waals surface area contributed by atoms with E-state index < -0.39 is 17.8 Å². The lowest BCUT2D eigenvalue weighted by molar-refractivity contribution is -0.137. The lowest BCUT2D eigenvalue weighted by Gasteiger charge is -2.27. The van der Waals surface area contributed by atoms with Gasteiger partial charge in [0.05, 0.1) is 11.6 Å². The van der Waals surface area contributed by atoms with Gasteiger partial charge in [-0.2, -0.15) is 13.2 Å². The Morgan fingerprint density at radius 3 is 2.67 bits per heavy atom. The van der Waals surface area contributed by atoms with Gasteiger partial charge in [0.15, 0.2) is 0 Å². The van der Waals surface area contributed by atoms with Crippen molar-refractivity contribution < 1.29 is 18.0 Å². The molecule has 1 aliphatic rings. The highest BCUT2D eigenvalue weighted by molar-refractivity contribution is 5.93. The maximum absolute atomic E-state index is 12.6. The van der Waals surface area contributed by atoms with Gasteiger partial charge in [0.1, 0.15) is 0 Å². The summed E-state index contributed by atoms with van der Waals surface area (Å²) in [5.41, 5.74) is 0.190. The number of hydrogen-bond acceptors (Lipinski definition) is 1. The number of benzene rings is 1. The summed E-state index contributed by atoms with van der Waals surface area (Å²) in [7, 11) is 0. The number of carbonyl (C=O) groups is 1. The maximum Gasteiger partial charge on any atom is 0.416 e. The van der Waals surface area contributed by atoms with Crippen molar-refractivity contribution >= 4 is 11.7 Å². The van der Waals surface area contributed by atoms with Crippen LogP contribution in [0.3, 0.4) is 0 Å². The predicted molar refractivity (Wildman–Crippen MR) is 61.2 cm³/mol. The fraction of sp³-hybridized carbons (Fsp3) is 0.417. The average Bonchev–Trinajstić information content (AvgIpc) is 2.27. The number of halogens is 3. The molecule has 1 aromatic carbocycles. The monoisotopic (exact) mass is 258 g/mol. The van der Waals surface area contributed by atoms with Crippen LogP contribution in [0.4, 0.5) is 23.7 Å². The Morgan fingerprint density at radius 1 is 1.33 bits per heavy atom. The fourth-order valence-electron chi connectivity index (χ4n) is 2.06. The molecule has 0 spiro atoms. The molecule has 0 bridgehead atoms. The van der Waals surface area contributed by atoms with Crippen LogP contribution in [0.1, 0.15) is 36.9 Å². The molecule has 2 rings (SSSR count). The van der Waals surface area contributed by atoms with E-state index in [-0.39, 0.29) is 11.7 Å². The lowest BCUT2D eigenvalue weighted by Crippen LogP contribution is -2.37. The van der Waals surface area contributed by atoms with Gasteiger partial charge < -0.3 is 10.6 Å². The molecule has 0 radical (unpaired) electrons. The number of nitrogens with one attached hydrogen (secondary N) is 2. The van der Waals surface area contributed by atoms with Crippen molar-refractivity contribution in [2.24, 2.45) is 0 Å². The van der Waals surface area contributed by atoms with Crippen LogP contribution in [0.2, 0.25) is 0 Å². The largest absolute Gasteiger partial charge is 0.416 e. The molecule has 0 saturated carbocycles. The Hall–Kier alpha value is -1.72. The van der Waals surface area contributed by atoms with E-state index >= 15 is 0 Å². The van der Waals surface area contributed by atoms with Crippen LogP contribution in [0.15, 0.2) is 18.2 Å². The number of urea groups is 1. The molecular formula is C12H13F3N2O. The first-order valence-electron chi connectivity index (χ1n) is 5.70. The molecule has 1 unspecified atom stereocenters. The molecule has 1 heterocycles. The molecule has 18 heavy (non-hydrogen) atoms. The lowest BCUT2D eigenvalue weighted by atomic mass is 9.97. The van der Waals surface area contributed by atoms with Gasteiger partial charge in [-0.15, -0.1) is 0 Å². The molecule has 2 N–H and O–H groups in total. The minimum atomic E-state index is -4.40. The number of alkyl halides is 3. The van der Waals surface area contributed by atoms with Crippen LogP contribution in [0, 0.1) is 0 Å². The maximum atomic E-state index is 12.6. The zero-order valence-corrected chi connectivity index (χ0v) is 9.77. The van der Waals surface area contributed by atoms with Crippen molar-refractivity contribution in [2.45, 2.75) is 32.0 Å². The smallest absolute Gasteiger partial charge is 0.331 e. The average molecular weight is 258 g/mol. The highest BCUT2D eigenvalue weighted by Crippen LogP contribution is 2.36. The van der Waals surface area contributed by atoms with Crippen molar-refractivity contribution in [3.63, 3.8) is 0 Å². The van der Waals surface area contributed by atoms with E-state index in [4.69, 9.17) is 0 Å². The summed E-state index contributed by atoms with van der Waals surface area (Å²) in [6.45, 7) is 1.96. The van der Waals surface area contributed by atoms with Gasteiger partial charge >= 0.3 is 12.2 Å². The number of hydrogen-bond donors (Lipinski definition) is 2. The van der Waals surface area contributed by atoms with Crippen LogP contribution in [-0.2, 0) is 6.18 Å². The summed E-state index contributed by atoms with van der Waals surface area (Å²) < 4.78 is 37.7. The number of carbonyl (C=O) groups excluding carboxylic acids is 1. The number of anilines is 1. The van der Waals surface area contributed by atoms with E-state index in [2.05, 4.69) is 10.6 Å². The molecule has 3 nitrogen and oxygen atoms in total. The van der Waals surface area contributed by atoms with Crippen LogP contribution in [0.25, 0.3) is 0 Å². The second kappa shape index (κ2) is 4.51. The minimum absolute atomic E-state index is 0.221. The van der Waals surface area contributed by atoms with Gasteiger partial charge in [-0.25, -0.2) is 4.79 Å². The molecule has 98 valence electrons. The van der Waals surface area contributed by atoms with E-state index in [1.165, 1.54) is 6.07 Å². The van der Waals surface area contributed by atoms with Crippen molar-refractivity contribution in [3.8, 4) is 0 Å². The summed E-state index contributed by atoms with van der Waals surface area (Å²) >= 11 is 0. The van der Waals surface area contributed by atoms with Crippen LogP contribution in [0.5, 0.6) is 0 Å². The molecule has 1 aromatic rings. The van der Waals surface area contributed by atoms with Crippen molar-refractivity contribution in [1.29, 1.82) is 0 Å². The topological polar surface area (TPSA) is 41.1 Å². The third-order valence-corrected chi connectivity index (χ3v) is 2.89. The molecule has 1 atom stereocenters. The molecule has 0 fully saturated rings. The van der Waals surface area contributed by atoms with E-state index in [0.29, 0.717) is 12.0 Å². The number of fused-ring (bicyclic) bond motifs is 1. The normalized spacial score (nSPS) is 18.9. The molecule has 2 amide bonds. The van der Waals surface area contributed by atoms with Crippen molar-refractivity contribution in [1.82, 2.24) is 5.32 Å². The Bertz CT molecular complexity index is 471. The fourth-order valence-corrected chi connectivity index (χ4v) is 2.06. The third-order valence-electron chi connectivity index (χ3n) is 2.89. The second-order valence-corrected chi connectivity index (χ2v) is 4.24. The summed E-state index contributed by atoms with van der Waals surface area (Å²) in [5, 5.41) is 5.11. The Balaban J connectivity index is 2.40. The van der Waals surface area contributed by atoms with Crippen molar-refractivity contribution in [3.05, 3.63) is 29.3 Å². The first kappa shape index (κ1) is 12.7. The standard InChI is InChI=1S/C12H13F3N2O/c1-2-3-9-8-5-4-7(12(13,14)15)6-10(8)17-11(18)16-9/h4-6,9H,2-3H2,1H3,(H2,16,17,18). The van der Waals surface area contributed by atoms with Crippen LogP contribution < -0.4 is 10.6 Å². The SMILES string of the molecule is CCCC1NC(=O)Nc2cc(C(F)(F)F)ccc21. The summed E-state index contributed by atoms with van der Waals surface area (Å²) in [4.78, 5) is 11.4. The van der Waals surface area contributed by atoms with Gasteiger partial charge in [0, 0.05) is 5.69 Å². The first-order valence-corrected chi connectivity index (χ1v) is 5.70. The van der Waals surface area contributed by atoms with E-state index in [9.17, 15) is 18.0 Å². The number of rotatable bonds is 2. The second-order valence-electron chi connectivity index (χ2n) is 4.24. The molecule has 0 aliphatic carbocycles. The summed E-state index contributed by atoms with van der Waals surface area (Å²) in [6, 6.07) is 2.77. The van der Waals surface area contributed by atoms with Crippen molar-refractivity contribution in [2.75, 3.05) is 5.32 Å². The van der Waals surface area contributed by atoms with Gasteiger partial charge in [-0.1, -0.05) is 19.4 Å². The zero-order chi connectivity index (χ0) is 13.3. The van der Waals surface area contributed by atoms with Gasteiger partial charge in [-0.3, -0.25) is 0 Å². The van der Waals surface area contributed by atoms with E-state index in [1.54, 1.807) is 0 Å². The molecule has 1 aliphatic heterocycles.